The van der Waals surface area contributed by atoms with Crippen molar-refractivity contribution >= 4 is 26.7 Å². The fourth-order valence-corrected chi connectivity index (χ4v) is 21.9. The number of hydrogen-bond donors (Lipinski definition) is 0. The Morgan fingerprint density at radius 1 is 0.818 bits per heavy atom. The van der Waals surface area contributed by atoms with Crippen LogP contribution in [-0.2, 0) is 4.43 Å². The average Bonchev–Trinajstić information content (AvgIpc) is 2.85. The van der Waals surface area contributed by atoms with Crippen LogP contribution >= 0.6 is 0 Å². The van der Waals surface area contributed by atoms with Gasteiger partial charge in [0.05, 0.1) is 0 Å². The number of unbranched alkanes of at least 4 members (excludes halogenated alkanes) is 3. The van der Waals surface area contributed by atoms with Gasteiger partial charge in [-0.2, -0.15) is 0 Å². The second-order valence-electron chi connectivity index (χ2n) is 9.70. The predicted molar refractivity (Wildman–Crippen MR) is 148 cm³/mol. The van der Waals surface area contributed by atoms with Gasteiger partial charge in [-0.1, -0.05) is 0 Å². The fourth-order valence-electron chi connectivity index (χ4n) is 4.68. The van der Waals surface area contributed by atoms with Gasteiger partial charge in [0.15, 0.2) is 0 Å². The van der Waals surface area contributed by atoms with Crippen LogP contribution in [0.4, 0.5) is 4.39 Å². The first-order valence-electron chi connectivity index (χ1n) is 13.7. The van der Waals surface area contributed by atoms with Gasteiger partial charge in [-0.25, -0.2) is 0 Å². The minimum atomic E-state index is -2.39. The molecule has 0 aromatic heterocycles. The van der Waals surface area contributed by atoms with Gasteiger partial charge in [0, 0.05) is 0 Å². The van der Waals surface area contributed by atoms with Crippen LogP contribution in [0.25, 0.3) is 0 Å². The maximum absolute atomic E-state index is 13.3. The first-order chi connectivity index (χ1) is 15.9. The third-order valence-electron chi connectivity index (χ3n) is 7.31. The standard InChI is InChI=1S/C16H24FO2Si.3C4H9.Sn/c1-5-15(19-20(6-2,7-3)8-4)13-18-16-11-9-14(17)10-12-16;3*1-3-4-2;/h1,5,9-12,15H,6-8,13H2,2-4H3;3*1,3-4H2,2H3;. The average molecular weight is 586 g/mol. The van der Waals surface area contributed by atoms with Gasteiger partial charge in [0.25, 0.3) is 0 Å². The van der Waals surface area contributed by atoms with Crippen LogP contribution in [-0.4, -0.2) is 39.4 Å². The first kappa shape index (κ1) is 30.7. The number of hydrogen-bond acceptors (Lipinski definition) is 2. The first-order valence-corrected chi connectivity index (χ1v) is 23.9. The molecule has 5 heteroatoms. The third-order valence-corrected chi connectivity index (χ3v) is 26.1. The van der Waals surface area contributed by atoms with E-state index in [0.717, 1.165) is 18.1 Å². The molecule has 0 aliphatic carbocycles. The van der Waals surface area contributed by atoms with Crippen molar-refractivity contribution < 1.29 is 13.6 Å². The molecule has 1 aromatic rings. The van der Waals surface area contributed by atoms with E-state index in [-0.39, 0.29) is 11.9 Å². The normalized spacial score (nSPS) is 13.5. The summed E-state index contributed by atoms with van der Waals surface area (Å²) in [6.07, 6.45) is 10.4. The molecule has 1 unspecified atom stereocenters. The van der Waals surface area contributed by atoms with Crippen molar-refractivity contribution in [2.24, 2.45) is 0 Å². The summed E-state index contributed by atoms with van der Waals surface area (Å²) in [5, 5.41) is 0. The predicted octanol–water partition coefficient (Wildman–Crippen LogP) is 9.54. The summed E-state index contributed by atoms with van der Waals surface area (Å²) in [5.74, 6) is 0.485. The molecule has 0 saturated carbocycles. The van der Waals surface area contributed by atoms with Gasteiger partial charge >= 0.3 is 210 Å². The van der Waals surface area contributed by atoms with Crippen LogP contribution in [0.15, 0.2) is 34.4 Å². The zero-order chi connectivity index (χ0) is 24.6. The van der Waals surface area contributed by atoms with Crippen molar-refractivity contribution in [3.63, 3.8) is 0 Å². The Morgan fingerprint density at radius 3 is 1.73 bits per heavy atom. The molecule has 33 heavy (non-hydrogen) atoms. The zero-order valence-electron chi connectivity index (χ0n) is 22.4. The van der Waals surface area contributed by atoms with Crippen LogP contribution in [0.5, 0.6) is 5.75 Å². The van der Waals surface area contributed by atoms with E-state index in [0.29, 0.717) is 12.4 Å². The molecule has 0 radical (unpaired) electrons. The third kappa shape index (κ3) is 11.3. The SMILES string of the molecule is CCC[CH2][Sn](/[CH]=C/C(COc1ccc(F)cc1)O[Si](CC)(CC)CC)([CH2]CCC)[CH2]CCC. The van der Waals surface area contributed by atoms with E-state index in [1.807, 2.05) is 0 Å². The quantitative estimate of drug-likeness (QED) is 0.151. The van der Waals surface area contributed by atoms with E-state index in [9.17, 15) is 4.39 Å². The Balaban J connectivity index is 3.16. The Bertz CT molecular complexity index is 616. The molecule has 0 aliphatic rings. The molecule has 1 aromatic carbocycles. The van der Waals surface area contributed by atoms with Crippen LogP contribution in [0, 0.1) is 5.82 Å². The number of rotatable bonds is 19. The second kappa shape index (κ2) is 17.2. The maximum atomic E-state index is 13.3. The summed E-state index contributed by atoms with van der Waals surface area (Å²) >= 11 is -2.39. The fraction of sp³-hybridized carbons (Fsp3) is 0.714. The van der Waals surface area contributed by atoms with Gasteiger partial charge in [-0.05, 0) is 0 Å². The Labute approximate surface area is 209 Å². The van der Waals surface area contributed by atoms with Gasteiger partial charge in [-0.15, -0.1) is 0 Å². The molecule has 2 nitrogen and oxygen atoms in total. The van der Waals surface area contributed by atoms with Crippen molar-refractivity contribution in [2.45, 2.75) is 118 Å². The van der Waals surface area contributed by atoms with Crippen molar-refractivity contribution in [3.8, 4) is 5.75 Å². The molecule has 0 spiro atoms. The van der Waals surface area contributed by atoms with E-state index in [1.54, 1.807) is 12.1 Å². The van der Waals surface area contributed by atoms with E-state index in [1.165, 1.54) is 64.0 Å². The molecule has 0 fully saturated rings. The zero-order valence-corrected chi connectivity index (χ0v) is 26.3. The summed E-state index contributed by atoms with van der Waals surface area (Å²) in [5.41, 5.74) is 0. The van der Waals surface area contributed by atoms with Gasteiger partial charge in [0.2, 0.25) is 0 Å². The van der Waals surface area contributed by atoms with Crippen LogP contribution in [0.2, 0.25) is 31.4 Å². The van der Waals surface area contributed by atoms with E-state index < -0.39 is 26.7 Å². The Hall–Kier alpha value is -0.334. The summed E-state index contributed by atoms with van der Waals surface area (Å²) in [4.78, 5) is 0. The van der Waals surface area contributed by atoms with Crippen molar-refractivity contribution in [2.75, 3.05) is 6.61 Å². The molecule has 0 bridgehead atoms. The Morgan fingerprint density at radius 2 is 1.30 bits per heavy atom. The molecule has 1 atom stereocenters. The van der Waals surface area contributed by atoms with E-state index in [4.69, 9.17) is 9.16 Å². The molecule has 0 N–H and O–H groups in total. The van der Waals surface area contributed by atoms with Crippen LogP contribution in [0.3, 0.4) is 0 Å². The second-order valence-corrected chi connectivity index (χ2v) is 27.4. The van der Waals surface area contributed by atoms with E-state index >= 15 is 0 Å². The topological polar surface area (TPSA) is 18.5 Å². The van der Waals surface area contributed by atoms with E-state index in [2.05, 4.69) is 51.7 Å². The number of benzene rings is 1. The number of ether oxygens (including phenoxy) is 1. The van der Waals surface area contributed by atoms with Crippen molar-refractivity contribution in [1.29, 1.82) is 0 Å². The molecule has 190 valence electrons. The molecule has 0 saturated heterocycles. The Kier molecular flexibility index (Phi) is 16.0. The van der Waals surface area contributed by atoms with Crippen LogP contribution in [0.1, 0.15) is 80.1 Å². The van der Waals surface area contributed by atoms with Crippen molar-refractivity contribution in [1.82, 2.24) is 0 Å². The minimum absolute atomic E-state index is 0.0116. The number of halogens is 1. The van der Waals surface area contributed by atoms with Gasteiger partial charge in [-0.3, -0.25) is 0 Å². The van der Waals surface area contributed by atoms with Gasteiger partial charge < -0.3 is 0 Å². The monoisotopic (exact) mass is 586 g/mol. The molecular formula is C28H51FO2SiSn. The summed E-state index contributed by atoms with van der Waals surface area (Å²) < 4.78 is 33.5. The molecule has 1 rings (SSSR count). The van der Waals surface area contributed by atoms with Crippen LogP contribution < -0.4 is 4.74 Å². The molecule has 0 amide bonds. The van der Waals surface area contributed by atoms with Gasteiger partial charge in [0.1, 0.15) is 0 Å². The van der Waals surface area contributed by atoms with Crippen molar-refractivity contribution in [3.05, 3.63) is 40.3 Å². The summed E-state index contributed by atoms with van der Waals surface area (Å²) in [6, 6.07) is 9.77. The molecule has 0 heterocycles. The molecular weight excluding hydrogens is 534 g/mol. The summed E-state index contributed by atoms with van der Waals surface area (Å²) in [6.45, 7) is 14.3. The summed E-state index contributed by atoms with van der Waals surface area (Å²) in [7, 11) is -1.77. The molecule has 0 aliphatic heterocycles.